The van der Waals surface area contributed by atoms with Crippen LogP contribution < -0.4 is 14.9 Å². The van der Waals surface area contributed by atoms with E-state index >= 15 is 0 Å². The van der Waals surface area contributed by atoms with Gasteiger partial charge in [0.15, 0.2) is 0 Å². The number of carbonyl (C=O) groups is 1. The summed E-state index contributed by atoms with van der Waals surface area (Å²) in [5.41, 5.74) is 1.23. The van der Waals surface area contributed by atoms with Gasteiger partial charge in [-0.25, -0.2) is 0 Å². The first kappa shape index (κ1) is 17.5. The average molecular weight is 354 g/mol. The highest BCUT2D eigenvalue weighted by Crippen LogP contribution is 2.24. The van der Waals surface area contributed by atoms with Gasteiger partial charge in [-0.3, -0.25) is 9.59 Å². The summed E-state index contributed by atoms with van der Waals surface area (Å²) in [5.74, 6) is 0.153. The zero-order valence-corrected chi connectivity index (χ0v) is 14.2. The zero-order valence-electron chi connectivity index (χ0n) is 14.2. The SMILES string of the molecule is CCc1ccc(Oc2coc3cc(OCCC(=O)O)ccc3c2=O)cc1. The van der Waals surface area contributed by atoms with E-state index in [0.717, 1.165) is 6.42 Å². The van der Waals surface area contributed by atoms with Crippen molar-refractivity contribution >= 4 is 16.9 Å². The lowest BCUT2D eigenvalue weighted by Gasteiger charge is -2.08. The molecule has 134 valence electrons. The highest BCUT2D eigenvalue weighted by atomic mass is 16.5. The molecule has 0 saturated heterocycles. The normalized spacial score (nSPS) is 10.7. The molecule has 0 saturated carbocycles. The van der Waals surface area contributed by atoms with E-state index in [1.165, 1.54) is 11.8 Å². The molecule has 2 aromatic carbocycles. The zero-order chi connectivity index (χ0) is 18.5. The van der Waals surface area contributed by atoms with Gasteiger partial charge in [-0.15, -0.1) is 0 Å². The molecule has 3 aromatic rings. The van der Waals surface area contributed by atoms with Crippen molar-refractivity contribution in [2.45, 2.75) is 19.8 Å². The highest BCUT2D eigenvalue weighted by molar-refractivity contribution is 5.79. The molecule has 0 aliphatic rings. The average Bonchev–Trinajstić information content (AvgIpc) is 2.64. The molecule has 1 N–H and O–H groups in total. The minimum atomic E-state index is -0.939. The minimum absolute atomic E-state index is 0.0417. The molecule has 1 aromatic heterocycles. The summed E-state index contributed by atoms with van der Waals surface area (Å²) in [6.45, 7) is 2.10. The van der Waals surface area contributed by atoms with Crippen LogP contribution >= 0.6 is 0 Å². The van der Waals surface area contributed by atoms with Crippen molar-refractivity contribution in [3.8, 4) is 17.2 Å². The van der Waals surface area contributed by atoms with Crippen molar-refractivity contribution in [3.05, 3.63) is 64.5 Å². The Kier molecular flexibility index (Phi) is 5.22. The standard InChI is InChI=1S/C20H18O6/c1-2-13-3-5-14(6-4-13)26-18-12-25-17-11-15(24-10-9-19(21)22)7-8-16(17)20(18)23/h3-8,11-12H,2,9-10H2,1H3,(H,21,22). The van der Waals surface area contributed by atoms with Gasteiger partial charge in [0.1, 0.15) is 23.3 Å². The van der Waals surface area contributed by atoms with Gasteiger partial charge in [0.05, 0.1) is 18.4 Å². The van der Waals surface area contributed by atoms with Gasteiger partial charge in [0.25, 0.3) is 0 Å². The number of ether oxygens (including phenoxy) is 2. The van der Waals surface area contributed by atoms with E-state index in [2.05, 4.69) is 6.92 Å². The summed E-state index contributed by atoms with van der Waals surface area (Å²) in [7, 11) is 0. The second-order valence-electron chi connectivity index (χ2n) is 5.68. The van der Waals surface area contributed by atoms with E-state index in [1.807, 2.05) is 24.3 Å². The molecule has 0 spiro atoms. The van der Waals surface area contributed by atoms with Gasteiger partial charge in [0.2, 0.25) is 11.2 Å². The van der Waals surface area contributed by atoms with Crippen LogP contribution in [0.25, 0.3) is 11.0 Å². The van der Waals surface area contributed by atoms with Crippen LogP contribution in [-0.4, -0.2) is 17.7 Å². The maximum atomic E-state index is 12.6. The lowest BCUT2D eigenvalue weighted by Crippen LogP contribution is -2.06. The third kappa shape index (κ3) is 4.03. The lowest BCUT2D eigenvalue weighted by atomic mass is 10.2. The molecular formula is C20H18O6. The molecule has 0 radical (unpaired) electrons. The second kappa shape index (κ2) is 7.74. The van der Waals surface area contributed by atoms with Crippen LogP contribution in [0, 0.1) is 0 Å². The largest absolute Gasteiger partial charge is 0.493 e. The number of aliphatic carboxylic acids is 1. The smallest absolute Gasteiger partial charge is 0.306 e. The van der Waals surface area contributed by atoms with Crippen LogP contribution in [0.3, 0.4) is 0 Å². The molecule has 6 nitrogen and oxygen atoms in total. The van der Waals surface area contributed by atoms with E-state index in [9.17, 15) is 9.59 Å². The molecule has 6 heteroatoms. The number of hydrogen-bond acceptors (Lipinski definition) is 5. The van der Waals surface area contributed by atoms with Crippen molar-refractivity contribution in [1.82, 2.24) is 0 Å². The van der Waals surface area contributed by atoms with Crippen LogP contribution in [-0.2, 0) is 11.2 Å². The third-order valence-electron chi connectivity index (χ3n) is 3.86. The van der Waals surface area contributed by atoms with Gasteiger partial charge < -0.3 is 19.0 Å². The first-order chi connectivity index (χ1) is 12.6. The fraction of sp³-hybridized carbons (Fsp3) is 0.200. The Morgan fingerprint density at radius 2 is 1.85 bits per heavy atom. The number of carboxylic acids is 1. The van der Waals surface area contributed by atoms with Crippen molar-refractivity contribution in [1.29, 1.82) is 0 Å². The van der Waals surface area contributed by atoms with Crippen molar-refractivity contribution < 1.29 is 23.8 Å². The topological polar surface area (TPSA) is 86.0 Å². The van der Waals surface area contributed by atoms with Crippen LogP contribution in [0.15, 0.2) is 57.9 Å². The van der Waals surface area contributed by atoms with Crippen molar-refractivity contribution in [2.75, 3.05) is 6.61 Å². The van der Waals surface area contributed by atoms with E-state index < -0.39 is 5.97 Å². The van der Waals surface area contributed by atoms with E-state index in [4.69, 9.17) is 19.0 Å². The Labute approximate surface area is 149 Å². The van der Waals surface area contributed by atoms with Gasteiger partial charge >= 0.3 is 5.97 Å². The van der Waals surface area contributed by atoms with Gasteiger partial charge in [0, 0.05) is 6.07 Å². The Hall–Kier alpha value is -3.28. The molecule has 0 fully saturated rings. The van der Waals surface area contributed by atoms with Crippen LogP contribution in [0.5, 0.6) is 17.2 Å². The lowest BCUT2D eigenvalue weighted by molar-refractivity contribution is -0.137. The van der Waals surface area contributed by atoms with Crippen LogP contribution in [0.1, 0.15) is 18.9 Å². The number of fused-ring (bicyclic) bond motifs is 1. The number of benzene rings is 2. The molecule has 0 amide bonds. The van der Waals surface area contributed by atoms with E-state index in [-0.39, 0.29) is 24.2 Å². The molecule has 26 heavy (non-hydrogen) atoms. The molecule has 0 aliphatic heterocycles. The second-order valence-corrected chi connectivity index (χ2v) is 5.68. The Morgan fingerprint density at radius 1 is 1.12 bits per heavy atom. The predicted molar refractivity (Wildman–Crippen MR) is 96.1 cm³/mol. The first-order valence-electron chi connectivity index (χ1n) is 8.24. The van der Waals surface area contributed by atoms with Crippen molar-refractivity contribution in [3.63, 3.8) is 0 Å². The Bertz CT molecular complexity index is 972. The molecule has 0 unspecified atom stereocenters. The predicted octanol–water partition coefficient (Wildman–Crippen LogP) is 4.00. The minimum Gasteiger partial charge on any atom is -0.493 e. The summed E-state index contributed by atoms with van der Waals surface area (Å²) in [6.07, 6.45) is 2.08. The summed E-state index contributed by atoms with van der Waals surface area (Å²) < 4.78 is 16.5. The number of carboxylic acid groups (broad SMARTS) is 1. The van der Waals surface area contributed by atoms with E-state index in [0.29, 0.717) is 22.5 Å². The fourth-order valence-electron chi connectivity index (χ4n) is 2.43. The van der Waals surface area contributed by atoms with E-state index in [1.54, 1.807) is 18.2 Å². The highest BCUT2D eigenvalue weighted by Gasteiger charge is 2.10. The summed E-state index contributed by atoms with van der Waals surface area (Å²) in [5, 5.41) is 8.99. The quantitative estimate of drug-likeness (QED) is 0.690. The Morgan fingerprint density at radius 3 is 2.54 bits per heavy atom. The van der Waals surface area contributed by atoms with Crippen molar-refractivity contribution in [2.24, 2.45) is 0 Å². The fourth-order valence-corrected chi connectivity index (χ4v) is 2.43. The summed E-state index contributed by atoms with van der Waals surface area (Å²) in [4.78, 5) is 23.1. The summed E-state index contributed by atoms with van der Waals surface area (Å²) >= 11 is 0. The third-order valence-corrected chi connectivity index (χ3v) is 3.86. The van der Waals surface area contributed by atoms with Gasteiger partial charge in [-0.1, -0.05) is 19.1 Å². The van der Waals surface area contributed by atoms with Crippen LogP contribution in [0.4, 0.5) is 0 Å². The molecular weight excluding hydrogens is 336 g/mol. The van der Waals surface area contributed by atoms with Crippen LogP contribution in [0.2, 0.25) is 0 Å². The molecule has 0 bridgehead atoms. The summed E-state index contributed by atoms with van der Waals surface area (Å²) in [6, 6.07) is 12.2. The molecule has 0 aliphatic carbocycles. The molecule has 1 heterocycles. The Balaban J connectivity index is 1.81. The monoisotopic (exact) mass is 354 g/mol. The molecule has 3 rings (SSSR count). The maximum absolute atomic E-state index is 12.6. The molecule has 0 atom stereocenters. The first-order valence-corrected chi connectivity index (χ1v) is 8.24. The maximum Gasteiger partial charge on any atom is 0.306 e. The van der Waals surface area contributed by atoms with Gasteiger partial charge in [-0.2, -0.15) is 0 Å². The number of hydrogen-bond donors (Lipinski definition) is 1. The number of aryl methyl sites for hydroxylation is 1. The van der Waals surface area contributed by atoms with Gasteiger partial charge in [-0.05, 0) is 36.2 Å². The number of rotatable bonds is 7.